The number of nitrogens with zero attached hydrogens (tertiary/aromatic N) is 1. The van der Waals surface area contributed by atoms with Gasteiger partial charge in [-0.05, 0) is 6.92 Å². The van der Waals surface area contributed by atoms with Gasteiger partial charge in [-0.25, -0.2) is 4.79 Å². The monoisotopic (exact) mass is 395 g/mol. The van der Waals surface area contributed by atoms with Crippen LogP contribution in [-0.4, -0.2) is 65.8 Å². The Labute approximate surface area is 176 Å². The van der Waals surface area contributed by atoms with Gasteiger partial charge in [-0.1, -0.05) is 0 Å². The fourth-order valence-electron chi connectivity index (χ4n) is 2.66. The summed E-state index contributed by atoms with van der Waals surface area (Å²) in [4.78, 5) is 46.9. The molecule has 2 unspecified atom stereocenters. The second-order valence-corrected chi connectivity index (χ2v) is 6.69. The van der Waals surface area contributed by atoms with Crippen LogP contribution in [-0.2, 0) is 23.9 Å². The van der Waals surface area contributed by atoms with Crippen LogP contribution in [0.1, 0.15) is 13.3 Å². The molecule has 3 atom stereocenters. The molecule has 2 rings (SSSR count). The predicted molar refractivity (Wildman–Crippen MR) is 83.7 cm³/mol. The van der Waals surface area contributed by atoms with Gasteiger partial charge >= 0.3 is 41.6 Å². The van der Waals surface area contributed by atoms with Crippen molar-refractivity contribution in [2.45, 2.75) is 30.8 Å². The predicted octanol–water partition coefficient (Wildman–Crippen LogP) is -5.09. The van der Waals surface area contributed by atoms with E-state index < -0.39 is 35.4 Å². The van der Waals surface area contributed by atoms with Crippen molar-refractivity contribution in [3.63, 3.8) is 0 Å². The number of β-lactam (4-membered cyclic amide) rings is 1. The van der Waals surface area contributed by atoms with E-state index in [1.165, 1.54) is 18.9 Å². The molecule has 0 saturated carbocycles. The van der Waals surface area contributed by atoms with E-state index in [-0.39, 0.29) is 65.6 Å². The minimum atomic E-state index is -1.53. The number of nitrogens with one attached hydrogen (secondary N) is 1. The van der Waals surface area contributed by atoms with Gasteiger partial charge in [-0.3, -0.25) is 14.5 Å². The Hall–Kier alpha value is -1.27. The summed E-state index contributed by atoms with van der Waals surface area (Å²) in [5.41, 5.74) is 4.83. The van der Waals surface area contributed by atoms with E-state index in [1.807, 2.05) is 0 Å². The molecule has 3 N–H and O–H groups in total. The van der Waals surface area contributed by atoms with E-state index in [4.69, 9.17) is 5.73 Å². The van der Waals surface area contributed by atoms with Crippen LogP contribution in [0.4, 0.5) is 4.79 Å². The van der Waals surface area contributed by atoms with Crippen molar-refractivity contribution in [1.29, 1.82) is 0 Å². The van der Waals surface area contributed by atoms with Crippen molar-refractivity contribution < 1.29 is 63.3 Å². The molecule has 0 radical (unpaired) electrons. The minimum Gasteiger partial charge on any atom is -0.543 e. The summed E-state index contributed by atoms with van der Waals surface area (Å²) in [6.07, 6.45) is -0.957. The number of carbonyl (C=O) groups excluding carboxylic acids is 4. The number of carboxylic acid groups (broad SMARTS) is 1. The van der Waals surface area contributed by atoms with Gasteiger partial charge in [-0.2, -0.15) is 0 Å². The first kappa shape index (κ1) is 22.8. The van der Waals surface area contributed by atoms with Gasteiger partial charge < -0.3 is 30.4 Å². The number of methoxy groups -OCH3 is 1. The second kappa shape index (κ2) is 9.60. The Kier molecular flexibility index (Phi) is 8.41. The van der Waals surface area contributed by atoms with Crippen molar-refractivity contribution in [2.24, 2.45) is 5.73 Å². The summed E-state index contributed by atoms with van der Waals surface area (Å²) < 4.78 is 9.20. The number of carbonyl (C=O) groups is 4. The van der Waals surface area contributed by atoms with Crippen LogP contribution >= 0.6 is 11.8 Å². The zero-order valence-corrected chi connectivity index (χ0v) is 17.5. The van der Waals surface area contributed by atoms with Crippen LogP contribution in [0.15, 0.2) is 11.3 Å². The van der Waals surface area contributed by atoms with Crippen molar-refractivity contribution in [3.8, 4) is 0 Å². The number of rotatable bonds is 7. The third-order valence-electron chi connectivity index (χ3n) is 3.79. The quantitative estimate of drug-likeness (QED) is 0.245. The number of aliphatic carboxylic acids is 1. The van der Waals surface area contributed by atoms with E-state index in [1.54, 1.807) is 6.92 Å². The number of esters is 1. The number of amides is 2. The molecule has 10 nitrogen and oxygen atoms in total. The zero-order valence-electron chi connectivity index (χ0n) is 14.6. The van der Waals surface area contributed by atoms with E-state index in [9.17, 15) is 24.3 Å². The van der Waals surface area contributed by atoms with E-state index in [0.29, 0.717) is 0 Å². The first-order valence-electron chi connectivity index (χ1n) is 7.39. The number of ether oxygens (including phenoxy) is 2. The normalized spacial score (nSPS) is 22.5. The van der Waals surface area contributed by atoms with Crippen LogP contribution in [0.5, 0.6) is 0 Å². The Morgan fingerprint density at radius 3 is 2.65 bits per heavy atom. The van der Waals surface area contributed by atoms with Gasteiger partial charge in [0.1, 0.15) is 18.0 Å². The van der Waals surface area contributed by atoms with Crippen molar-refractivity contribution >= 4 is 35.7 Å². The summed E-state index contributed by atoms with van der Waals surface area (Å²) in [5, 5.41) is 14.0. The standard InChI is InChI=1S/C14H19N3O7S.Na/c1-6(3-8(18)23-2)16-9-11(19)17-10(13(20)21)7(4-24-14(15)22)5-25-12(9)17;/h6,9,12,16H,3-5H2,1-2H3,(H2,15,22)(H,20,21);/q;+1/p-1/t6?,9?,12-;/m0./s1. The number of thioether (sulfide) groups is 1. The molecule has 0 aromatic rings. The van der Waals surface area contributed by atoms with Gasteiger partial charge in [0, 0.05) is 17.4 Å². The molecular formula is C14H18N3NaO7S. The third-order valence-corrected chi connectivity index (χ3v) is 5.13. The van der Waals surface area contributed by atoms with Crippen LogP contribution in [0.25, 0.3) is 0 Å². The molecule has 1 fully saturated rings. The maximum absolute atomic E-state index is 12.4. The molecule has 0 aromatic carbocycles. The van der Waals surface area contributed by atoms with Gasteiger partial charge in [0.2, 0.25) is 5.91 Å². The molecule has 0 aromatic heterocycles. The summed E-state index contributed by atoms with van der Waals surface area (Å²) in [6.45, 7) is 1.40. The Bertz CT molecular complexity index is 642. The molecule has 2 aliphatic heterocycles. The second-order valence-electron chi connectivity index (χ2n) is 5.58. The number of carboxylic acids is 1. The van der Waals surface area contributed by atoms with Gasteiger partial charge in [0.15, 0.2) is 0 Å². The fraction of sp³-hybridized carbons (Fsp3) is 0.571. The number of primary amides is 1. The SMILES string of the molecule is COC(=O)CC(C)NC1C(=O)N2C(C(=O)[O-])=C(COC(N)=O)CS[C@@H]12.[Na+]. The van der Waals surface area contributed by atoms with Crippen LogP contribution in [0, 0.1) is 0 Å². The smallest absolute Gasteiger partial charge is 0.543 e. The maximum Gasteiger partial charge on any atom is 1.00 e. The average Bonchev–Trinajstić information content (AvgIpc) is 2.56. The first-order valence-corrected chi connectivity index (χ1v) is 8.44. The molecule has 12 heteroatoms. The van der Waals surface area contributed by atoms with E-state index >= 15 is 0 Å². The third kappa shape index (κ3) is 4.92. The number of fused-ring (bicyclic) bond motifs is 1. The van der Waals surface area contributed by atoms with Crippen LogP contribution < -0.4 is 45.7 Å². The van der Waals surface area contributed by atoms with Gasteiger partial charge in [0.25, 0.3) is 0 Å². The van der Waals surface area contributed by atoms with Crippen molar-refractivity contribution in [1.82, 2.24) is 10.2 Å². The molecule has 2 aliphatic rings. The van der Waals surface area contributed by atoms with Crippen molar-refractivity contribution in [2.75, 3.05) is 19.5 Å². The van der Waals surface area contributed by atoms with E-state index in [2.05, 4.69) is 14.8 Å². The molecule has 2 amide bonds. The number of nitrogens with two attached hydrogens (primary N) is 1. The summed E-state index contributed by atoms with van der Waals surface area (Å²) in [6, 6.07) is -0.947. The zero-order chi connectivity index (χ0) is 18.7. The van der Waals surface area contributed by atoms with Crippen LogP contribution in [0.2, 0.25) is 0 Å². The summed E-state index contributed by atoms with van der Waals surface area (Å²) in [7, 11) is 1.27. The largest absolute Gasteiger partial charge is 1.00 e. The molecule has 26 heavy (non-hydrogen) atoms. The Morgan fingerprint density at radius 2 is 2.12 bits per heavy atom. The Balaban J connectivity index is 0.00000338. The fourth-order valence-corrected chi connectivity index (χ4v) is 4.00. The maximum atomic E-state index is 12.4. The molecule has 2 heterocycles. The molecule has 0 aliphatic carbocycles. The minimum absolute atomic E-state index is 0. The summed E-state index contributed by atoms with van der Waals surface area (Å²) in [5.74, 6) is -2.15. The Morgan fingerprint density at radius 1 is 1.46 bits per heavy atom. The number of hydrogen-bond donors (Lipinski definition) is 2. The van der Waals surface area contributed by atoms with Gasteiger partial charge in [-0.15, -0.1) is 11.8 Å². The summed E-state index contributed by atoms with van der Waals surface area (Å²) >= 11 is 1.32. The first-order chi connectivity index (χ1) is 11.8. The topological polar surface area (TPSA) is 151 Å². The average molecular weight is 395 g/mol. The van der Waals surface area contributed by atoms with E-state index in [0.717, 1.165) is 4.90 Å². The molecular weight excluding hydrogens is 377 g/mol. The molecule has 1 saturated heterocycles. The molecule has 0 spiro atoms. The molecule has 0 bridgehead atoms. The molecule has 138 valence electrons. The van der Waals surface area contributed by atoms with Crippen LogP contribution in [0.3, 0.4) is 0 Å². The number of hydrogen-bond acceptors (Lipinski definition) is 9. The van der Waals surface area contributed by atoms with Gasteiger partial charge in [0.05, 0.1) is 25.2 Å². The van der Waals surface area contributed by atoms with Crippen molar-refractivity contribution in [3.05, 3.63) is 11.3 Å².